The van der Waals surface area contributed by atoms with Gasteiger partial charge in [-0.15, -0.1) is 0 Å². The lowest BCUT2D eigenvalue weighted by molar-refractivity contribution is 0.107. The SMILES string of the molecule is NC(=O)N1CCCCC1C1CCCCC1. The molecule has 3 nitrogen and oxygen atoms in total. The van der Waals surface area contributed by atoms with E-state index in [2.05, 4.69) is 0 Å². The minimum absolute atomic E-state index is 0.203. The Labute approximate surface area is 92.0 Å². The molecule has 0 bridgehead atoms. The Bertz CT molecular complexity index is 224. The van der Waals surface area contributed by atoms with E-state index in [1.165, 1.54) is 44.9 Å². The summed E-state index contributed by atoms with van der Waals surface area (Å²) in [6, 6.07) is 0.252. The van der Waals surface area contributed by atoms with Crippen LogP contribution in [0.5, 0.6) is 0 Å². The van der Waals surface area contributed by atoms with Gasteiger partial charge >= 0.3 is 6.03 Å². The number of piperidine rings is 1. The molecule has 1 atom stereocenters. The molecule has 1 aliphatic heterocycles. The van der Waals surface area contributed by atoms with Crippen molar-refractivity contribution in [3.8, 4) is 0 Å². The molecule has 0 aromatic carbocycles. The van der Waals surface area contributed by atoms with E-state index in [1.807, 2.05) is 4.90 Å². The van der Waals surface area contributed by atoms with Crippen LogP contribution in [-0.2, 0) is 0 Å². The Morgan fingerprint density at radius 2 is 1.67 bits per heavy atom. The smallest absolute Gasteiger partial charge is 0.315 e. The molecule has 1 heterocycles. The normalized spacial score (nSPS) is 29.1. The number of likely N-dealkylation sites (tertiary alicyclic amines) is 1. The second kappa shape index (κ2) is 4.86. The Morgan fingerprint density at radius 3 is 2.33 bits per heavy atom. The summed E-state index contributed by atoms with van der Waals surface area (Å²) in [7, 11) is 0. The van der Waals surface area contributed by atoms with Crippen LogP contribution in [0.25, 0.3) is 0 Å². The third-order valence-corrected chi connectivity index (χ3v) is 4.03. The van der Waals surface area contributed by atoms with Crippen LogP contribution in [-0.4, -0.2) is 23.5 Å². The third-order valence-electron chi connectivity index (χ3n) is 4.03. The molecule has 3 heteroatoms. The van der Waals surface area contributed by atoms with E-state index in [1.54, 1.807) is 0 Å². The van der Waals surface area contributed by atoms with Crippen LogP contribution in [0.2, 0.25) is 0 Å². The molecule has 0 aromatic rings. The molecule has 1 saturated heterocycles. The minimum Gasteiger partial charge on any atom is -0.351 e. The average molecular weight is 210 g/mol. The van der Waals surface area contributed by atoms with Crippen molar-refractivity contribution in [1.29, 1.82) is 0 Å². The molecular weight excluding hydrogens is 188 g/mol. The second-order valence-electron chi connectivity index (χ2n) is 4.99. The van der Waals surface area contributed by atoms with E-state index in [-0.39, 0.29) is 6.03 Å². The van der Waals surface area contributed by atoms with Gasteiger partial charge in [-0.25, -0.2) is 4.79 Å². The number of nitrogens with zero attached hydrogens (tertiary/aromatic N) is 1. The molecular formula is C12H22N2O. The number of carbonyl (C=O) groups excluding carboxylic acids is 1. The molecule has 15 heavy (non-hydrogen) atoms. The highest BCUT2D eigenvalue weighted by Gasteiger charge is 2.32. The van der Waals surface area contributed by atoms with Gasteiger partial charge < -0.3 is 10.6 Å². The van der Waals surface area contributed by atoms with Crippen molar-refractivity contribution in [3.05, 3.63) is 0 Å². The predicted molar refractivity (Wildman–Crippen MR) is 60.5 cm³/mol. The Hall–Kier alpha value is -0.730. The molecule has 2 amide bonds. The molecule has 86 valence electrons. The summed E-state index contributed by atoms with van der Waals surface area (Å²) in [4.78, 5) is 13.3. The van der Waals surface area contributed by atoms with E-state index in [9.17, 15) is 4.79 Å². The van der Waals surface area contributed by atoms with Gasteiger partial charge in [-0.1, -0.05) is 19.3 Å². The van der Waals surface area contributed by atoms with Gasteiger partial charge in [0.25, 0.3) is 0 Å². The van der Waals surface area contributed by atoms with Gasteiger partial charge in [0.05, 0.1) is 0 Å². The summed E-state index contributed by atoms with van der Waals surface area (Å²) < 4.78 is 0. The molecule has 2 aliphatic rings. The van der Waals surface area contributed by atoms with Gasteiger partial charge in [0, 0.05) is 12.6 Å². The van der Waals surface area contributed by atoms with Gasteiger partial charge in [-0.05, 0) is 38.0 Å². The number of primary amides is 1. The molecule has 0 spiro atoms. The van der Waals surface area contributed by atoms with Crippen molar-refractivity contribution in [3.63, 3.8) is 0 Å². The number of hydrogen-bond acceptors (Lipinski definition) is 1. The highest BCUT2D eigenvalue weighted by Crippen LogP contribution is 2.33. The number of nitrogens with two attached hydrogens (primary N) is 1. The van der Waals surface area contributed by atoms with Crippen molar-refractivity contribution in [2.24, 2.45) is 11.7 Å². The van der Waals surface area contributed by atoms with Crippen LogP contribution in [0.3, 0.4) is 0 Å². The van der Waals surface area contributed by atoms with Gasteiger partial charge in [-0.2, -0.15) is 0 Å². The second-order valence-corrected chi connectivity index (χ2v) is 4.99. The fourth-order valence-corrected chi connectivity index (χ4v) is 3.24. The van der Waals surface area contributed by atoms with E-state index in [0.29, 0.717) is 6.04 Å². The maximum atomic E-state index is 11.4. The first-order valence-corrected chi connectivity index (χ1v) is 6.35. The number of urea groups is 1. The Kier molecular flexibility index (Phi) is 3.49. The first-order chi connectivity index (χ1) is 7.29. The van der Waals surface area contributed by atoms with Crippen molar-refractivity contribution < 1.29 is 4.79 Å². The molecule has 2 N–H and O–H groups in total. The first-order valence-electron chi connectivity index (χ1n) is 6.35. The van der Waals surface area contributed by atoms with Crippen molar-refractivity contribution >= 4 is 6.03 Å². The topological polar surface area (TPSA) is 46.3 Å². The van der Waals surface area contributed by atoms with Crippen LogP contribution in [0.1, 0.15) is 51.4 Å². The Morgan fingerprint density at radius 1 is 1.00 bits per heavy atom. The Balaban J connectivity index is 1.99. The lowest BCUT2D eigenvalue weighted by Gasteiger charge is -2.41. The highest BCUT2D eigenvalue weighted by molar-refractivity contribution is 5.72. The predicted octanol–water partition coefficient (Wildman–Crippen LogP) is 2.50. The molecule has 1 unspecified atom stereocenters. The summed E-state index contributed by atoms with van der Waals surface area (Å²) in [5.74, 6) is 0.728. The summed E-state index contributed by atoms with van der Waals surface area (Å²) in [5, 5.41) is 0. The standard InChI is InChI=1S/C12H22N2O/c13-12(15)14-9-5-4-8-11(14)10-6-2-1-3-7-10/h10-11H,1-9H2,(H2,13,15). The maximum absolute atomic E-state index is 11.4. The summed E-state index contributed by atoms with van der Waals surface area (Å²) in [6.07, 6.45) is 10.2. The van der Waals surface area contributed by atoms with Gasteiger partial charge in [-0.3, -0.25) is 0 Å². The lowest BCUT2D eigenvalue weighted by atomic mass is 9.80. The molecule has 1 saturated carbocycles. The fourth-order valence-electron chi connectivity index (χ4n) is 3.24. The monoisotopic (exact) mass is 210 g/mol. The summed E-state index contributed by atoms with van der Waals surface area (Å²) in [6.45, 7) is 0.885. The first kappa shape index (κ1) is 10.8. The van der Waals surface area contributed by atoms with Crippen molar-refractivity contribution in [2.75, 3.05) is 6.54 Å². The maximum Gasteiger partial charge on any atom is 0.315 e. The zero-order chi connectivity index (χ0) is 10.7. The molecule has 1 aliphatic carbocycles. The number of hydrogen-bond donors (Lipinski definition) is 1. The number of carbonyl (C=O) groups is 1. The van der Waals surface area contributed by atoms with Crippen LogP contribution >= 0.6 is 0 Å². The van der Waals surface area contributed by atoms with E-state index < -0.39 is 0 Å². The van der Waals surface area contributed by atoms with E-state index >= 15 is 0 Å². The molecule has 0 radical (unpaired) electrons. The summed E-state index contributed by atoms with van der Waals surface area (Å²) in [5.41, 5.74) is 5.45. The van der Waals surface area contributed by atoms with Crippen LogP contribution < -0.4 is 5.73 Å². The minimum atomic E-state index is -0.203. The quantitative estimate of drug-likeness (QED) is 0.710. The number of amides is 2. The molecule has 2 rings (SSSR count). The third kappa shape index (κ3) is 2.44. The van der Waals surface area contributed by atoms with Gasteiger partial charge in [0.15, 0.2) is 0 Å². The van der Waals surface area contributed by atoms with E-state index in [4.69, 9.17) is 5.73 Å². The van der Waals surface area contributed by atoms with Crippen LogP contribution in [0.15, 0.2) is 0 Å². The van der Waals surface area contributed by atoms with Crippen molar-refractivity contribution in [1.82, 2.24) is 4.90 Å². The van der Waals surface area contributed by atoms with Crippen LogP contribution in [0, 0.1) is 5.92 Å². The highest BCUT2D eigenvalue weighted by atomic mass is 16.2. The van der Waals surface area contributed by atoms with Crippen LogP contribution in [0.4, 0.5) is 4.79 Å². The number of rotatable bonds is 1. The summed E-state index contributed by atoms with van der Waals surface area (Å²) >= 11 is 0. The largest absolute Gasteiger partial charge is 0.351 e. The molecule has 0 aromatic heterocycles. The zero-order valence-electron chi connectivity index (χ0n) is 9.45. The van der Waals surface area contributed by atoms with Crippen molar-refractivity contribution in [2.45, 2.75) is 57.4 Å². The fraction of sp³-hybridized carbons (Fsp3) is 0.917. The zero-order valence-corrected chi connectivity index (χ0v) is 9.45. The average Bonchev–Trinajstić information content (AvgIpc) is 2.30. The lowest BCUT2D eigenvalue weighted by Crippen LogP contribution is -2.50. The van der Waals surface area contributed by atoms with Gasteiger partial charge in [0.2, 0.25) is 0 Å². The van der Waals surface area contributed by atoms with E-state index in [0.717, 1.165) is 18.9 Å². The molecule has 2 fully saturated rings. The van der Waals surface area contributed by atoms with Gasteiger partial charge in [0.1, 0.15) is 0 Å².